The van der Waals surface area contributed by atoms with Crippen molar-refractivity contribution >= 4 is 21.6 Å². The van der Waals surface area contributed by atoms with E-state index < -0.39 is 10.0 Å². The van der Waals surface area contributed by atoms with Crippen LogP contribution in [-0.4, -0.2) is 51.5 Å². The normalized spacial score (nSPS) is 15.0. The van der Waals surface area contributed by atoms with Crippen LogP contribution in [-0.2, 0) is 17.1 Å². The molecule has 9 nitrogen and oxygen atoms in total. The number of sulfonamides is 1. The van der Waals surface area contributed by atoms with Crippen molar-refractivity contribution in [2.45, 2.75) is 24.7 Å². The van der Waals surface area contributed by atoms with E-state index in [9.17, 15) is 13.2 Å². The molecule has 4 rings (SSSR count). The van der Waals surface area contributed by atoms with Gasteiger partial charge in [0.15, 0.2) is 5.82 Å². The average molecular weight is 414 g/mol. The van der Waals surface area contributed by atoms with Crippen LogP contribution in [0.2, 0.25) is 0 Å². The number of amides is 1. The number of nitrogens with one attached hydrogen (secondary N) is 2. The molecule has 2 N–H and O–H groups in total. The molecule has 1 fully saturated rings. The number of H-pyrrole nitrogens is 1. The summed E-state index contributed by atoms with van der Waals surface area (Å²) >= 11 is 0. The van der Waals surface area contributed by atoms with E-state index in [2.05, 4.69) is 20.5 Å². The summed E-state index contributed by atoms with van der Waals surface area (Å²) < 4.78 is 28.4. The molecule has 1 saturated heterocycles. The molecule has 1 amide bonds. The van der Waals surface area contributed by atoms with Gasteiger partial charge in [-0.1, -0.05) is 0 Å². The quantitative estimate of drug-likeness (QED) is 0.664. The van der Waals surface area contributed by atoms with Crippen LogP contribution < -0.4 is 5.32 Å². The number of hydrogen-bond donors (Lipinski definition) is 2. The van der Waals surface area contributed by atoms with E-state index in [1.165, 1.54) is 21.1 Å². The molecule has 152 valence electrons. The van der Waals surface area contributed by atoms with E-state index in [4.69, 9.17) is 0 Å². The first-order valence-electron chi connectivity index (χ1n) is 9.32. The van der Waals surface area contributed by atoms with Gasteiger partial charge in [0, 0.05) is 37.6 Å². The Bertz CT molecular complexity index is 1140. The number of aryl methyl sites for hydroxylation is 2. The lowest BCUT2D eigenvalue weighted by Crippen LogP contribution is -2.27. The molecule has 3 heterocycles. The van der Waals surface area contributed by atoms with Gasteiger partial charge in [0.05, 0.1) is 0 Å². The van der Waals surface area contributed by atoms with Gasteiger partial charge in [-0.15, -0.1) is 0 Å². The van der Waals surface area contributed by atoms with Crippen molar-refractivity contribution in [3.63, 3.8) is 0 Å². The van der Waals surface area contributed by atoms with Crippen LogP contribution in [0.1, 0.15) is 29.2 Å². The molecule has 0 aliphatic carbocycles. The zero-order chi connectivity index (χ0) is 20.6. The maximum atomic E-state index is 12.7. The third-order valence-electron chi connectivity index (χ3n) is 4.91. The molecule has 1 aromatic carbocycles. The highest BCUT2D eigenvalue weighted by atomic mass is 32.2. The molecule has 29 heavy (non-hydrogen) atoms. The number of aromatic nitrogens is 4. The van der Waals surface area contributed by atoms with Crippen LogP contribution in [0, 0.1) is 6.92 Å². The first-order valence-corrected chi connectivity index (χ1v) is 10.8. The lowest BCUT2D eigenvalue weighted by molar-refractivity contribution is 0.101. The summed E-state index contributed by atoms with van der Waals surface area (Å²) in [7, 11) is -1.91. The maximum absolute atomic E-state index is 12.7. The molecule has 0 atom stereocenters. The van der Waals surface area contributed by atoms with E-state index in [0.29, 0.717) is 24.6 Å². The first-order chi connectivity index (χ1) is 13.8. The topological polar surface area (TPSA) is 113 Å². The second-order valence-electron chi connectivity index (χ2n) is 7.06. The van der Waals surface area contributed by atoms with E-state index in [-0.39, 0.29) is 16.5 Å². The molecule has 0 spiro atoms. The maximum Gasteiger partial charge on any atom is 0.272 e. The van der Waals surface area contributed by atoms with Crippen LogP contribution in [0.3, 0.4) is 0 Å². The fraction of sp³-hybridized carbons (Fsp3) is 0.316. The molecule has 0 bridgehead atoms. The van der Waals surface area contributed by atoms with Gasteiger partial charge in [-0.25, -0.2) is 13.4 Å². The smallest absolute Gasteiger partial charge is 0.272 e. The molecular formula is C19H22N6O3S. The van der Waals surface area contributed by atoms with E-state index in [1.807, 2.05) is 19.1 Å². The first kappa shape index (κ1) is 19.3. The Morgan fingerprint density at radius 1 is 1.17 bits per heavy atom. The van der Waals surface area contributed by atoms with E-state index in [0.717, 1.165) is 24.2 Å². The summed E-state index contributed by atoms with van der Waals surface area (Å²) in [5.74, 6) is 0.928. The number of anilines is 1. The largest absolute Gasteiger partial charge is 0.345 e. The van der Waals surface area contributed by atoms with Gasteiger partial charge in [0.1, 0.15) is 16.4 Å². The van der Waals surface area contributed by atoms with Gasteiger partial charge < -0.3 is 9.88 Å². The van der Waals surface area contributed by atoms with Crippen LogP contribution in [0.5, 0.6) is 0 Å². The monoisotopic (exact) mass is 414 g/mol. The van der Waals surface area contributed by atoms with Gasteiger partial charge in [-0.2, -0.15) is 9.40 Å². The summed E-state index contributed by atoms with van der Waals surface area (Å²) in [6.07, 6.45) is 3.21. The number of carbonyl (C=O) groups excluding carboxylic acids is 1. The van der Waals surface area contributed by atoms with Crippen molar-refractivity contribution < 1.29 is 13.2 Å². The Balaban J connectivity index is 1.51. The summed E-state index contributed by atoms with van der Waals surface area (Å²) in [4.78, 5) is 17.1. The lowest BCUT2D eigenvalue weighted by atomic mass is 10.2. The summed E-state index contributed by atoms with van der Waals surface area (Å²) in [6, 6.07) is 8.56. The highest BCUT2D eigenvalue weighted by molar-refractivity contribution is 7.89. The minimum absolute atomic E-state index is 0.141. The second-order valence-corrected chi connectivity index (χ2v) is 9.00. The second kappa shape index (κ2) is 7.45. The van der Waals surface area contributed by atoms with Crippen molar-refractivity contribution in [1.29, 1.82) is 0 Å². The van der Waals surface area contributed by atoms with Crippen molar-refractivity contribution in [3.8, 4) is 11.4 Å². The number of aromatic amines is 1. The van der Waals surface area contributed by atoms with Crippen LogP contribution >= 0.6 is 0 Å². The molecule has 0 unspecified atom stereocenters. The number of benzene rings is 1. The number of rotatable bonds is 5. The molecule has 10 heteroatoms. The van der Waals surface area contributed by atoms with Crippen molar-refractivity contribution in [2.75, 3.05) is 18.4 Å². The summed E-state index contributed by atoms with van der Waals surface area (Å²) in [5.41, 5.74) is 1.69. The third-order valence-corrected chi connectivity index (χ3v) is 6.78. The summed E-state index contributed by atoms with van der Waals surface area (Å²) in [6.45, 7) is 2.87. The number of hydrogen-bond acceptors (Lipinski definition) is 5. The highest BCUT2D eigenvalue weighted by Gasteiger charge is 2.29. The van der Waals surface area contributed by atoms with Gasteiger partial charge in [-0.3, -0.25) is 9.89 Å². The van der Waals surface area contributed by atoms with Gasteiger partial charge in [-0.05, 0) is 50.1 Å². The predicted octanol–water partition coefficient (Wildman–Crippen LogP) is 2.16. The number of nitrogens with zero attached hydrogens (tertiary/aromatic N) is 4. The van der Waals surface area contributed by atoms with Crippen molar-refractivity contribution in [1.82, 2.24) is 24.1 Å². The van der Waals surface area contributed by atoms with Crippen LogP contribution in [0.4, 0.5) is 5.69 Å². The molecule has 2 aromatic heterocycles. The fourth-order valence-corrected chi connectivity index (χ4v) is 4.94. The van der Waals surface area contributed by atoms with E-state index in [1.54, 1.807) is 19.2 Å². The Morgan fingerprint density at radius 2 is 1.86 bits per heavy atom. The Kier molecular flexibility index (Phi) is 4.97. The number of carbonyl (C=O) groups is 1. The zero-order valence-electron chi connectivity index (χ0n) is 16.2. The van der Waals surface area contributed by atoms with E-state index >= 15 is 0 Å². The molecule has 0 radical (unpaired) electrons. The SMILES string of the molecule is Cc1nc(-c2ccc(NC(=O)c3cc(S(=O)(=O)N4CCCC4)cn3C)cc2)n[nH]1. The Labute approximate surface area is 168 Å². The van der Waals surface area contributed by atoms with Crippen LogP contribution in [0.15, 0.2) is 41.4 Å². The molecule has 1 aliphatic rings. The zero-order valence-corrected chi connectivity index (χ0v) is 17.0. The van der Waals surface area contributed by atoms with Gasteiger partial charge in [0.2, 0.25) is 10.0 Å². The minimum Gasteiger partial charge on any atom is -0.345 e. The standard InChI is InChI=1S/C19H22N6O3S/c1-13-20-18(23-22-13)14-5-7-15(8-6-14)21-19(26)17-11-16(12-24(17)2)29(27,28)25-9-3-4-10-25/h5-8,11-12H,3-4,9-10H2,1-2H3,(H,21,26)(H,20,22,23). The minimum atomic E-state index is -3.57. The van der Waals surface area contributed by atoms with Gasteiger partial charge >= 0.3 is 0 Å². The molecule has 3 aromatic rings. The molecular weight excluding hydrogens is 392 g/mol. The van der Waals surface area contributed by atoms with Crippen molar-refractivity contribution in [3.05, 3.63) is 48.0 Å². The molecule has 1 aliphatic heterocycles. The molecule has 0 saturated carbocycles. The predicted molar refractivity (Wildman–Crippen MR) is 108 cm³/mol. The third kappa shape index (κ3) is 3.81. The summed E-state index contributed by atoms with van der Waals surface area (Å²) in [5, 5.41) is 9.70. The Morgan fingerprint density at radius 3 is 2.48 bits per heavy atom. The lowest BCUT2D eigenvalue weighted by Gasteiger charge is -2.13. The van der Waals surface area contributed by atoms with Gasteiger partial charge in [0.25, 0.3) is 5.91 Å². The highest BCUT2D eigenvalue weighted by Crippen LogP contribution is 2.23. The van der Waals surface area contributed by atoms with Crippen molar-refractivity contribution in [2.24, 2.45) is 7.05 Å². The average Bonchev–Trinajstić information content (AvgIpc) is 3.43. The Hall–Kier alpha value is -2.98. The fourth-order valence-electron chi connectivity index (χ4n) is 3.35. The van der Waals surface area contributed by atoms with Crippen LogP contribution in [0.25, 0.3) is 11.4 Å².